The number of hydrogen-bond acceptors (Lipinski definition) is 2. The molecule has 2 aliphatic rings. The van der Waals surface area contributed by atoms with E-state index in [1.54, 1.807) is 0 Å². The number of hydrogen-bond donors (Lipinski definition) is 0. The molecule has 2 heteroatoms. The van der Waals surface area contributed by atoms with Crippen LogP contribution in [0.1, 0.15) is 25.7 Å². The second-order valence-corrected chi connectivity index (χ2v) is 3.85. The maximum absolute atomic E-state index is 10.0. The molecule has 0 aromatic carbocycles. The number of ether oxygens (including phenoxy) is 1. The molecule has 2 rings (SSSR count). The highest BCUT2D eigenvalue weighted by molar-refractivity contribution is 5.37. The fraction of sp³-hybridized carbons (Fsp3) is 0.727. The van der Waals surface area contributed by atoms with Crippen molar-refractivity contribution in [1.29, 1.82) is 0 Å². The summed E-state index contributed by atoms with van der Waals surface area (Å²) in [6, 6.07) is 0. The Morgan fingerprint density at radius 3 is 2.38 bits per heavy atom. The van der Waals surface area contributed by atoms with Gasteiger partial charge in [0.25, 0.3) is 6.47 Å². The molecule has 0 spiro atoms. The monoisotopic (exact) mass is 178 g/mol. The van der Waals surface area contributed by atoms with Crippen LogP contribution in [0.25, 0.3) is 0 Å². The SMILES string of the molecule is O=COCC1[C@H]2CCC#CCC[C@@H]12. The summed E-state index contributed by atoms with van der Waals surface area (Å²) in [4.78, 5) is 10.0. The van der Waals surface area contributed by atoms with E-state index in [1.165, 1.54) is 12.8 Å². The number of rotatable bonds is 3. The fourth-order valence-corrected chi connectivity index (χ4v) is 2.43. The summed E-state index contributed by atoms with van der Waals surface area (Å²) in [5.74, 6) is 8.53. The van der Waals surface area contributed by atoms with Gasteiger partial charge in [-0.2, -0.15) is 0 Å². The van der Waals surface area contributed by atoms with E-state index in [-0.39, 0.29) is 0 Å². The van der Waals surface area contributed by atoms with Gasteiger partial charge < -0.3 is 4.74 Å². The molecule has 70 valence electrons. The molecule has 0 N–H and O–H groups in total. The highest BCUT2D eigenvalue weighted by Gasteiger charge is 2.48. The molecular weight excluding hydrogens is 164 g/mol. The summed E-state index contributed by atoms with van der Waals surface area (Å²) in [5, 5.41) is 0. The Kier molecular flexibility index (Phi) is 2.54. The Bertz CT molecular complexity index is 231. The second-order valence-electron chi connectivity index (χ2n) is 3.85. The molecule has 0 saturated heterocycles. The molecule has 0 amide bonds. The molecule has 0 radical (unpaired) electrons. The van der Waals surface area contributed by atoms with Gasteiger partial charge in [0.1, 0.15) is 0 Å². The first-order valence-electron chi connectivity index (χ1n) is 4.94. The smallest absolute Gasteiger partial charge is 0.293 e. The van der Waals surface area contributed by atoms with Gasteiger partial charge in [-0.3, -0.25) is 4.79 Å². The molecule has 0 aromatic heterocycles. The lowest BCUT2D eigenvalue weighted by Gasteiger charge is -1.96. The third-order valence-corrected chi connectivity index (χ3v) is 3.20. The van der Waals surface area contributed by atoms with Crippen molar-refractivity contribution in [2.75, 3.05) is 6.61 Å². The second kappa shape index (κ2) is 3.83. The van der Waals surface area contributed by atoms with E-state index in [1.807, 2.05) is 0 Å². The van der Waals surface area contributed by atoms with Crippen LogP contribution in [0.2, 0.25) is 0 Å². The van der Waals surface area contributed by atoms with Crippen molar-refractivity contribution in [1.82, 2.24) is 0 Å². The lowest BCUT2D eigenvalue weighted by atomic mass is 10.1. The van der Waals surface area contributed by atoms with Crippen LogP contribution in [0.5, 0.6) is 0 Å². The van der Waals surface area contributed by atoms with Gasteiger partial charge in [0.15, 0.2) is 0 Å². The largest absolute Gasteiger partial charge is 0.468 e. The van der Waals surface area contributed by atoms with Crippen LogP contribution in [0.3, 0.4) is 0 Å². The van der Waals surface area contributed by atoms with E-state index in [0.29, 0.717) is 19.0 Å². The summed E-state index contributed by atoms with van der Waals surface area (Å²) < 4.78 is 4.81. The summed E-state index contributed by atoms with van der Waals surface area (Å²) >= 11 is 0. The molecule has 0 aliphatic heterocycles. The first kappa shape index (κ1) is 8.62. The minimum absolute atomic E-state index is 0.558. The predicted octanol–water partition coefficient (Wildman–Crippen LogP) is 1.60. The van der Waals surface area contributed by atoms with Gasteiger partial charge in [0, 0.05) is 12.8 Å². The molecule has 0 bridgehead atoms. The Morgan fingerprint density at radius 1 is 1.23 bits per heavy atom. The maximum atomic E-state index is 10.0. The van der Waals surface area contributed by atoms with E-state index < -0.39 is 0 Å². The molecule has 13 heavy (non-hydrogen) atoms. The lowest BCUT2D eigenvalue weighted by Crippen LogP contribution is -1.96. The average Bonchev–Trinajstić information content (AvgIpc) is 2.72. The molecule has 0 heterocycles. The Morgan fingerprint density at radius 2 is 1.85 bits per heavy atom. The van der Waals surface area contributed by atoms with Crippen molar-refractivity contribution in [3.63, 3.8) is 0 Å². The van der Waals surface area contributed by atoms with Crippen LogP contribution in [0.15, 0.2) is 0 Å². The van der Waals surface area contributed by atoms with Crippen molar-refractivity contribution in [3.05, 3.63) is 0 Å². The van der Waals surface area contributed by atoms with Crippen molar-refractivity contribution >= 4 is 6.47 Å². The average molecular weight is 178 g/mol. The van der Waals surface area contributed by atoms with Gasteiger partial charge in [0.2, 0.25) is 0 Å². The zero-order valence-electron chi connectivity index (χ0n) is 7.66. The van der Waals surface area contributed by atoms with Crippen LogP contribution in [0, 0.1) is 29.6 Å². The van der Waals surface area contributed by atoms with E-state index in [9.17, 15) is 4.79 Å². The molecule has 1 unspecified atom stereocenters. The number of fused-ring (bicyclic) bond motifs is 1. The molecule has 0 aromatic rings. The quantitative estimate of drug-likeness (QED) is 0.484. The first-order chi connectivity index (χ1) is 6.43. The highest BCUT2D eigenvalue weighted by Crippen LogP contribution is 2.52. The number of carbonyl (C=O) groups is 1. The molecule has 3 atom stereocenters. The Balaban J connectivity index is 1.82. The fourth-order valence-electron chi connectivity index (χ4n) is 2.43. The third-order valence-electron chi connectivity index (χ3n) is 3.20. The van der Waals surface area contributed by atoms with Gasteiger partial charge in [-0.25, -0.2) is 0 Å². The topological polar surface area (TPSA) is 26.3 Å². The summed E-state index contributed by atoms with van der Waals surface area (Å²) in [6.07, 6.45) is 4.45. The number of carbonyl (C=O) groups excluding carboxylic acids is 1. The Labute approximate surface area is 78.7 Å². The normalized spacial score (nSPS) is 35.8. The van der Waals surface area contributed by atoms with E-state index in [0.717, 1.165) is 24.7 Å². The van der Waals surface area contributed by atoms with Gasteiger partial charge in [-0.1, -0.05) is 0 Å². The summed E-state index contributed by atoms with van der Waals surface area (Å²) in [5.41, 5.74) is 0. The van der Waals surface area contributed by atoms with Gasteiger partial charge in [-0.05, 0) is 30.6 Å². The lowest BCUT2D eigenvalue weighted by molar-refractivity contribution is -0.129. The Hall–Kier alpha value is -0.970. The van der Waals surface area contributed by atoms with Crippen LogP contribution in [-0.2, 0) is 9.53 Å². The minimum atomic E-state index is 0.558. The maximum Gasteiger partial charge on any atom is 0.293 e. The van der Waals surface area contributed by atoms with Crippen molar-refractivity contribution < 1.29 is 9.53 Å². The molecule has 2 nitrogen and oxygen atoms in total. The predicted molar refractivity (Wildman–Crippen MR) is 48.7 cm³/mol. The van der Waals surface area contributed by atoms with Gasteiger partial charge in [0.05, 0.1) is 6.61 Å². The van der Waals surface area contributed by atoms with E-state index >= 15 is 0 Å². The molecule has 1 saturated carbocycles. The van der Waals surface area contributed by atoms with Crippen LogP contribution in [0.4, 0.5) is 0 Å². The minimum Gasteiger partial charge on any atom is -0.468 e. The molecule has 2 aliphatic carbocycles. The first-order valence-corrected chi connectivity index (χ1v) is 4.94. The van der Waals surface area contributed by atoms with Gasteiger partial charge >= 0.3 is 0 Å². The van der Waals surface area contributed by atoms with Crippen LogP contribution in [-0.4, -0.2) is 13.1 Å². The van der Waals surface area contributed by atoms with Crippen LogP contribution >= 0.6 is 0 Å². The summed E-state index contributed by atoms with van der Waals surface area (Å²) in [6.45, 7) is 1.18. The molecule has 1 fully saturated rings. The van der Waals surface area contributed by atoms with E-state index in [2.05, 4.69) is 11.8 Å². The van der Waals surface area contributed by atoms with Crippen molar-refractivity contribution in [2.24, 2.45) is 17.8 Å². The third kappa shape index (κ3) is 1.85. The van der Waals surface area contributed by atoms with E-state index in [4.69, 9.17) is 4.74 Å². The standard InChI is InChI=1S/C11H14O2/c12-8-13-7-11-9-5-3-1-2-4-6-10(9)11/h8-11H,3-7H2/t9-,10+,11?. The van der Waals surface area contributed by atoms with Crippen molar-refractivity contribution in [2.45, 2.75) is 25.7 Å². The highest BCUT2D eigenvalue weighted by atomic mass is 16.5. The summed E-state index contributed by atoms with van der Waals surface area (Å²) in [7, 11) is 0. The van der Waals surface area contributed by atoms with Crippen molar-refractivity contribution in [3.8, 4) is 11.8 Å². The molecular formula is C11H14O2. The van der Waals surface area contributed by atoms with Gasteiger partial charge in [-0.15, -0.1) is 11.8 Å². The zero-order chi connectivity index (χ0) is 9.10. The zero-order valence-corrected chi connectivity index (χ0v) is 7.66. The van der Waals surface area contributed by atoms with Crippen LogP contribution < -0.4 is 0 Å².